The van der Waals surface area contributed by atoms with Gasteiger partial charge < -0.3 is 15.3 Å². The number of benzene rings is 1. The van der Waals surface area contributed by atoms with Crippen molar-refractivity contribution in [2.75, 3.05) is 26.2 Å². The van der Waals surface area contributed by atoms with Crippen LogP contribution in [-0.4, -0.2) is 51.9 Å². The topological polar surface area (TPSA) is 70.4 Å². The SMILES string of the molecule is CC(C)c1ccc(-n2cc(O)c(C(=O)N3C[C@H]4CNC[C@H]4C3)n2)cc1.Cl. The second-order valence-electron chi connectivity index (χ2n) is 7.44. The zero-order valence-electron chi connectivity index (χ0n) is 15.1. The molecule has 3 heterocycles. The fraction of sp³-hybridized carbons (Fsp3) is 0.474. The van der Waals surface area contributed by atoms with Gasteiger partial charge >= 0.3 is 0 Å². The molecular weight excluding hydrogens is 352 g/mol. The minimum absolute atomic E-state index is 0. The van der Waals surface area contributed by atoms with E-state index in [0.29, 0.717) is 17.8 Å². The van der Waals surface area contributed by atoms with Crippen LogP contribution in [0.3, 0.4) is 0 Å². The predicted octanol–water partition coefficient (Wildman–Crippen LogP) is 2.41. The van der Waals surface area contributed by atoms with Crippen molar-refractivity contribution in [2.45, 2.75) is 19.8 Å². The van der Waals surface area contributed by atoms with Crippen LogP contribution in [0.15, 0.2) is 30.5 Å². The molecule has 2 atom stereocenters. The van der Waals surface area contributed by atoms with Crippen LogP contribution >= 0.6 is 12.4 Å². The van der Waals surface area contributed by atoms with Crippen molar-refractivity contribution >= 4 is 18.3 Å². The van der Waals surface area contributed by atoms with E-state index in [1.165, 1.54) is 11.8 Å². The number of nitrogens with zero attached hydrogens (tertiary/aromatic N) is 3. The van der Waals surface area contributed by atoms with Gasteiger partial charge in [0, 0.05) is 26.2 Å². The molecule has 0 saturated carbocycles. The molecule has 4 rings (SSSR count). The summed E-state index contributed by atoms with van der Waals surface area (Å²) in [5, 5.41) is 17.9. The number of aromatic hydroxyl groups is 1. The van der Waals surface area contributed by atoms with Gasteiger partial charge in [0.1, 0.15) is 0 Å². The quantitative estimate of drug-likeness (QED) is 0.863. The van der Waals surface area contributed by atoms with E-state index >= 15 is 0 Å². The standard InChI is InChI=1S/C19H24N4O2.ClH/c1-12(2)13-3-5-16(6-4-13)23-11-17(24)18(21-23)19(25)22-9-14-7-20-8-15(14)10-22;/h3-6,11-12,14-15,20,24H,7-10H2,1-2H3;1H/t14-,15+;. The Hall–Kier alpha value is -2.05. The summed E-state index contributed by atoms with van der Waals surface area (Å²) in [7, 11) is 0. The number of fused-ring (bicyclic) bond motifs is 1. The van der Waals surface area contributed by atoms with E-state index in [2.05, 4.69) is 36.4 Å². The first kappa shape index (κ1) is 18.7. The molecule has 2 fully saturated rings. The summed E-state index contributed by atoms with van der Waals surface area (Å²) in [4.78, 5) is 14.6. The Kier molecular flexibility index (Phi) is 5.25. The van der Waals surface area contributed by atoms with Gasteiger partial charge in [-0.1, -0.05) is 26.0 Å². The number of rotatable bonds is 3. The van der Waals surface area contributed by atoms with E-state index < -0.39 is 0 Å². The maximum Gasteiger partial charge on any atom is 0.278 e. The van der Waals surface area contributed by atoms with Gasteiger partial charge in [-0.05, 0) is 35.4 Å². The Balaban J connectivity index is 0.00000196. The third-order valence-electron chi connectivity index (χ3n) is 5.40. The number of likely N-dealkylation sites (tertiary alicyclic amines) is 1. The van der Waals surface area contributed by atoms with Crippen molar-refractivity contribution < 1.29 is 9.90 Å². The average molecular weight is 377 g/mol. The molecule has 0 unspecified atom stereocenters. The van der Waals surface area contributed by atoms with Crippen LogP contribution in [0.5, 0.6) is 5.75 Å². The third kappa shape index (κ3) is 3.31. The first-order valence-electron chi connectivity index (χ1n) is 8.92. The summed E-state index contributed by atoms with van der Waals surface area (Å²) in [6.45, 7) is 7.71. The lowest BCUT2D eigenvalue weighted by molar-refractivity contribution is 0.0772. The third-order valence-corrected chi connectivity index (χ3v) is 5.40. The Bertz CT molecular complexity index is 775. The normalized spacial score (nSPS) is 21.7. The summed E-state index contributed by atoms with van der Waals surface area (Å²) >= 11 is 0. The zero-order chi connectivity index (χ0) is 17.6. The van der Waals surface area contributed by atoms with E-state index in [1.54, 1.807) is 4.68 Å². The molecule has 0 bridgehead atoms. The van der Waals surface area contributed by atoms with Crippen molar-refractivity contribution in [1.82, 2.24) is 20.0 Å². The van der Waals surface area contributed by atoms with Crippen LogP contribution in [0, 0.1) is 11.8 Å². The average Bonchev–Trinajstić information content (AvgIpc) is 3.28. The van der Waals surface area contributed by atoms with Gasteiger partial charge in [-0.25, -0.2) is 4.68 Å². The lowest BCUT2D eigenvalue weighted by Gasteiger charge is -2.16. The van der Waals surface area contributed by atoms with Gasteiger partial charge in [0.2, 0.25) is 0 Å². The first-order valence-corrected chi connectivity index (χ1v) is 8.92. The van der Waals surface area contributed by atoms with E-state index in [0.717, 1.165) is 31.9 Å². The highest BCUT2D eigenvalue weighted by molar-refractivity contribution is 5.95. The molecule has 1 aromatic heterocycles. The highest BCUT2D eigenvalue weighted by atomic mass is 35.5. The number of carbonyl (C=O) groups is 1. The smallest absolute Gasteiger partial charge is 0.278 e. The minimum atomic E-state index is -0.176. The van der Waals surface area contributed by atoms with Gasteiger partial charge in [-0.3, -0.25) is 4.79 Å². The van der Waals surface area contributed by atoms with Crippen LogP contribution in [0.2, 0.25) is 0 Å². The fourth-order valence-corrected chi connectivity index (χ4v) is 3.83. The van der Waals surface area contributed by atoms with Gasteiger partial charge in [0.25, 0.3) is 5.91 Å². The molecule has 0 spiro atoms. The number of hydrogen-bond donors (Lipinski definition) is 2. The maximum absolute atomic E-state index is 12.8. The molecule has 2 saturated heterocycles. The van der Waals surface area contributed by atoms with Gasteiger partial charge in [0.15, 0.2) is 11.4 Å². The predicted molar refractivity (Wildman–Crippen MR) is 102 cm³/mol. The van der Waals surface area contributed by atoms with Crippen molar-refractivity contribution in [1.29, 1.82) is 0 Å². The number of carbonyl (C=O) groups excluding carboxylic acids is 1. The molecule has 2 aliphatic rings. The second kappa shape index (κ2) is 7.29. The number of nitrogens with one attached hydrogen (secondary N) is 1. The molecule has 0 radical (unpaired) electrons. The molecule has 2 aromatic rings. The maximum atomic E-state index is 12.8. The van der Waals surface area contributed by atoms with Gasteiger partial charge in [-0.15, -0.1) is 12.4 Å². The Morgan fingerprint density at radius 2 is 1.81 bits per heavy atom. The van der Waals surface area contributed by atoms with Gasteiger partial charge in [0.05, 0.1) is 11.9 Å². The highest BCUT2D eigenvalue weighted by Gasteiger charge is 2.39. The van der Waals surface area contributed by atoms with Crippen LogP contribution in [0.25, 0.3) is 5.69 Å². The molecule has 1 amide bonds. The van der Waals surface area contributed by atoms with Crippen molar-refractivity contribution in [3.63, 3.8) is 0 Å². The zero-order valence-corrected chi connectivity index (χ0v) is 15.9. The Morgan fingerprint density at radius 3 is 2.38 bits per heavy atom. The molecule has 6 nitrogen and oxygen atoms in total. The van der Waals surface area contributed by atoms with Crippen LogP contribution < -0.4 is 5.32 Å². The summed E-state index contributed by atoms with van der Waals surface area (Å²) in [6.07, 6.45) is 1.51. The van der Waals surface area contributed by atoms with Crippen molar-refractivity contribution in [3.05, 3.63) is 41.7 Å². The molecule has 140 valence electrons. The summed E-state index contributed by atoms with van der Waals surface area (Å²) in [5.74, 6) is 1.27. The Labute approximate surface area is 159 Å². The molecular formula is C19H25ClN4O2. The van der Waals surface area contributed by atoms with Crippen LogP contribution in [-0.2, 0) is 0 Å². The van der Waals surface area contributed by atoms with E-state index in [4.69, 9.17) is 0 Å². The first-order chi connectivity index (χ1) is 12.0. The van der Waals surface area contributed by atoms with Gasteiger partial charge in [-0.2, -0.15) is 5.10 Å². The summed E-state index contributed by atoms with van der Waals surface area (Å²) < 4.78 is 1.57. The van der Waals surface area contributed by atoms with E-state index in [9.17, 15) is 9.90 Å². The molecule has 2 aliphatic heterocycles. The molecule has 2 N–H and O–H groups in total. The molecule has 7 heteroatoms. The fourth-order valence-electron chi connectivity index (χ4n) is 3.83. The minimum Gasteiger partial charge on any atom is -0.504 e. The Morgan fingerprint density at radius 1 is 1.19 bits per heavy atom. The molecule has 26 heavy (non-hydrogen) atoms. The summed E-state index contributed by atoms with van der Waals surface area (Å²) in [5.41, 5.74) is 2.22. The van der Waals surface area contributed by atoms with E-state index in [1.807, 2.05) is 17.0 Å². The second-order valence-corrected chi connectivity index (χ2v) is 7.44. The van der Waals surface area contributed by atoms with Crippen LogP contribution in [0.4, 0.5) is 0 Å². The van der Waals surface area contributed by atoms with E-state index in [-0.39, 0.29) is 29.8 Å². The lowest BCUT2D eigenvalue weighted by Crippen LogP contribution is -2.32. The van der Waals surface area contributed by atoms with Crippen molar-refractivity contribution in [2.24, 2.45) is 11.8 Å². The van der Waals surface area contributed by atoms with Crippen LogP contribution in [0.1, 0.15) is 35.8 Å². The number of amides is 1. The van der Waals surface area contributed by atoms with Crippen molar-refractivity contribution in [3.8, 4) is 11.4 Å². The lowest BCUT2D eigenvalue weighted by atomic mass is 10.0. The number of aromatic nitrogens is 2. The molecule has 1 aromatic carbocycles. The largest absolute Gasteiger partial charge is 0.504 e. The monoisotopic (exact) mass is 376 g/mol. The molecule has 0 aliphatic carbocycles. The highest BCUT2D eigenvalue weighted by Crippen LogP contribution is 2.29. The summed E-state index contributed by atoms with van der Waals surface area (Å²) in [6, 6.07) is 8.02. The number of hydrogen-bond acceptors (Lipinski definition) is 4. The number of halogens is 1.